The number of thiazole rings is 1. The van der Waals surface area contributed by atoms with Crippen molar-refractivity contribution in [1.82, 2.24) is 4.98 Å². The number of rotatable bonds is 7. The zero-order valence-corrected chi connectivity index (χ0v) is 12.2. The Bertz CT molecular complexity index is 437. The van der Waals surface area contributed by atoms with Gasteiger partial charge in [-0.2, -0.15) is 11.8 Å². The van der Waals surface area contributed by atoms with E-state index in [9.17, 15) is 0 Å². The lowest BCUT2D eigenvalue weighted by Gasteiger charge is -2.06. The van der Waals surface area contributed by atoms with Crippen LogP contribution in [0.1, 0.15) is 12.8 Å². The van der Waals surface area contributed by atoms with Gasteiger partial charge in [-0.1, -0.05) is 0 Å². The summed E-state index contributed by atoms with van der Waals surface area (Å²) in [7, 11) is 0. The molecule has 0 unspecified atom stereocenters. The summed E-state index contributed by atoms with van der Waals surface area (Å²) in [6, 6.07) is 8.52. The maximum absolute atomic E-state index is 4.31. The fourth-order valence-corrected chi connectivity index (χ4v) is 2.84. The second-order valence-corrected chi connectivity index (χ2v) is 5.92. The highest BCUT2D eigenvalue weighted by molar-refractivity contribution is 7.98. The number of aromatic nitrogens is 1. The molecule has 0 bridgehead atoms. The first-order valence-corrected chi connectivity index (χ1v) is 8.40. The van der Waals surface area contributed by atoms with Crippen molar-refractivity contribution in [3.05, 3.63) is 35.8 Å². The third-order valence-electron chi connectivity index (χ3n) is 2.67. The van der Waals surface area contributed by atoms with Crippen LogP contribution in [0, 0.1) is 0 Å². The maximum Gasteiger partial charge on any atom is 0.123 e. The number of hydrogen-bond acceptors (Lipinski definition) is 4. The van der Waals surface area contributed by atoms with Gasteiger partial charge >= 0.3 is 0 Å². The molecule has 0 atom stereocenters. The first-order valence-electron chi connectivity index (χ1n) is 6.13. The maximum atomic E-state index is 4.31. The second-order valence-electron chi connectivity index (χ2n) is 4.04. The number of nitrogens with one attached hydrogen (secondary N) is 1. The highest BCUT2D eigenvalue weighted by atomic mass is 32.2. The molecule has 0 spiro atoms. The van der Waals surface area contributed by atoms with Crippen LogP contribution in [0.5, 0.6) is 0 Å². The summed E-state index contributed by atoms with van der Waals surface area (Å²) in [4.78, 5) is 4.31. The Labute approximate surface area is 117 Å². The van der Waals surface area contributed by atoms with Gasteiger partial charge in [-0.3, -0.25) is 0 Å². The van der Waals surface area contributed by atoms with Crippen LogP contribution >= 0.6 is 23.1 Å². The van der Waals surface area contributed by atoms with Gasteiger partial charge in [0.2, 0.25) is 0 Å². The van der Waals surface area contributed by atoms with Crippen molar-refractivity contribution in [2.75, 3.05) is 23.9 Å². The number of nitrogens with zero attached hydrogens (tertiary/aromatic N) is 1. The fraction of sp³-hybridized carbons (Fsp3) is 0.357. The van der Waals surface area contributed by atoms with E-state index in [1.807, 2.05) is 23.3 Å². The summed E-state index contributed by atoms with van der Waals surface area (Å²) in [6.07, 6.45) is 6.52. The van der Waals surface area contributed by atoms with E-state index in [1.54, 1.807) is 11.3 Å². The summed E-state index contributed by atoms with van der Waals surface area (Å²) in [6.45, 7) is 1.05. The highest BCUT2D eigenvalue weighted by Crippen LogP contribution is 2.23. The van der Waals surface area contributed by atoms with Crippen LogP contribution in [0.25, 0.3) is 10.6 Å². The lowest BCUT2D eigenvalue weighted by atomic mass is 10.2. The number of hydrogen-bond donors (Lipinski definition) is 1. The van der Waals surface area contributed by atoms with E-state index in [2.05, 4.69) is 40.8 Å². The molecule has 0 saturated heterocycles. The Balaban J connectivity index is 1.81. The molecule has 2 nitrogen and oxygen atoms in total. The summed E-state index contributed by atoms with van der Waals surface area (Å²) >= 11 is 3.59. The van der Waals surface area contributed by atoms with Crippen LogP contribution in [0.15, 0.2) is 35.8 Å². The predicted octanol–water partition coefficient (Wildman–Crippen LogP) is 4.37. The molecule has 2 rings (SSSR count). The Morgan fingerprint density at radius 1 is 1.22 bits per heavy atom. The molecule has 1 aromatic heterocycles. The van der Waals surface area contributed by atoms with Crippen LogP contribution in [0.4, 0.5) is 5.69 Å². The molecule has 1 heterocycles. The lowest BCUT2D eigenvalue weighted by Crippen LogP contribution is -2.01. The minimum Gasteiger partial charge on any atom is -0.385 e. The van der Waals surface area contributed by atoms with Gasteiger partial charge in [0, 0.05) is 29.4 Å². The largest absolute Gasteiger partial charge is 0.385 e. The van der Waals surface area contributed by atoms with Gasteiger partial charge in [-0.15, -0.1) is 11.3 Å². The van der Waals surface area contributed by atoms with Crippen molar-refractivity contribution in [1.29, 1.82) is 0 Å². The van der Waals surface area contributed by atoms with Gasteiger partial charge in [0.05, 0.1) is 0 Å². The first-order chi connectivity index (χ1) is 8.90. The van der Waals surface area contributed by atoms with Crippen molar-refractivity contribution < 1.29 is 0 Å². The van der Waals surface area contributed by atoms with Crippen molar-refractivity contribution >= 4 is 28.8 Å². The van der Waals surface area contributed by atoms with Crippen LogP contribution in [0.2, 0.25) is 0 Å². The van der Waals surface area contributed by atoms with Crippen LogP contribution in [-0.4, -0.2) is 23.5 Å². The molecule has 0 saturated carbocycles. The third-order valence-corrected chi connectivity index (χ3v) is 4.19. The van der Waals surface area contributed by atoms with Gasteiger partial charge in [-0.05, 0) is 49.1 Å². The molecule has 0 amide bonds. The topological polar surface area (TPSA) is 24.9 Å². The van der Waals surface area contributed by atoms with Gasteiger partial charge in [0.25, 0.3) is 0 Å². The first kappa shape index (κ1) is 13.4. The Morgan fingerprint density at radius 3 is 2.72 bits per heavy atom. The smallest absolute Gasteiger partial charge is 0.123 e. The summed E-state index contributed by atoms with van der Waals surface area (Å²) in [5.41, 5.74) is 2.39. The van der Waals surface area contributed by atoms with Gasteiger partial charge < -0.3 is 5.32 Å². The quantitative estimate of drug-likeness (QED) is 0.761. The SMILES string of the molecule is CSCCCCNc1ccc(-c2nccs2)cc1. The minimum atomic E-state index is 1.05. The van der Waals surface area contributed by atoms with Crippen molar-refractivity contribution in [2.45, 2.75) is 12.8 Å². The van der Waals surface area contributed by atoms with Crippen LogP contribution in [-0.2, 0) is 0 Å². The van der Waals surface area contributed by atoms with Crippen LogP contribution < -0.4 is 5.32 Å². The van der Waals surface area contributed by atoms with Gasteiger partial charge in [0.1, 0.15) is 5.01 Å². The molecule has 1 N–H and O–H groups in total. The van der Waals surface area contributed by atoms with E-state index < -0.39 is 0 Å². The molecule has 0 fully saturated rings. The Kier molecular flexibility index (Phi) is 5.55. The second kappa shape index (κ2) is 7.44. The minimum absolute atomic E-state index is 1.05. The highest BCUT2D eigenvalue weighted by Gasteiger charge is 1.99. The molecule has 0 aliphatic carbocycles. The molecule has 0 aliphatic heterocycles. The van der Waals surface area contributed by atoms with Crippen molar-refractivity contribution in [3.63, 3.8) is 0 Å². The van der Waals surface area contributed by atoms with Gasteiger partial charge in [-0.25, -0.2) is 4.98 Å². The fourth-order valence-electron chi connectivity index (χ4n) is 1.70. The van der Waals surface area contributed by atoms with E-state index in [0.717, 1.165) is 11.6 Å². The average Bonchev–Trinajstić information content (AvgIpc) is 2.93. The lowest BCUT2D eigenvalue weighted by molar-refractivity contribution is 0.843. The standard InChI is InChI=1S/C14H18N2S2/c1-17-10-3-2-8-15-13-6-4-12(5-7-13)14-16-9-11-18-14/h4-7,9,11,15H,2-3,8,10H2,1H3. The summed E-state index contributed by atoms with van der Waals surface area (Å²) in [5, 5.41) is 6.54. The number of benzene rings is 1. The van der Waals surface area contributed by atoms with Gasteiger partial charge in [0.15, 0.2) is 0 Å². The molecule has 1 aromatic carbocycles. The number of unbranched alkanes of at least 4 members (excludes halogenated alkanes) is 1. The number of anilines is 1. The van der Waals surface area contributed by atoms with E-state index in [1.165, 1.54) is 29.8 Å². The van der Waals surface area contributed by atoms with Crippen LogP contribution in [0.3, 0.4) is 0 Å². The van der Waals surface area contributed by atoms with Crippen molar-refractivity contribution in [3.8, 4) is 10.6 Å². The molecule has 0 radical (unpaired) electrons. The Hall–Kier alpha value is -1.00. The number of thioether (sulfide) groups is 1. The normalized spacial score (nSPS) is 10.5. The average molecular weight is 278 g/mol. The molecule has 4 heteroatoms. The predicted molar refractivity (Wildman–Crippen MR) is 83.7 cm³/mol. The zero-order chi connectivity index (χ0) is 12.6. The molecular weight excluding hydrogens is 260 g/mol. The monoisotopic (exact) mass is 278 g/mol. The van der Waals surface area contributed by atoms with E-state index in [0.29, 0.717) is 0 Å². The van der Waals surface area contributed by atoms with E-state index >= 15 is 0 Å². The summed E-state index contributed by atoms with van der Waals surface area (Å²) < 4.78 is 0. The molecular formula is C14H18N2S2. The molecule has 0 aliphatic rings. The molecule has 18 heavy (non-hydrogen) atoms. The van der Waals surface area contributed by atoms with Crippen molar-refractivity contribution in [2.24, 2.45) is 0 Å². The molecule has 2 aromatic rings. The Morgan fingerprint density at radius 2 is 2.06 bits per heavy atom. The summed E-state index contributed by atoms with van der Waals surface area (Å²) in [5.74, 6) is 1.25. The zero-order valence-electron chi connectivity index (χ0n) is 10.6. The van der Waals surface area contributed by atoms with E-state index in [-0.39, 0.29) is 0 Å². The third kappa shape index (κ3) is 4.03. The van der Waals surface area contributed by atoms with E-state index in [4.69, 9.17) is 0 Å². The molecule has 96 valence electrons.